The van der Waals surface area contributed by atoms with Gasteiger partial charge in [0.2, 0.25) is 0 Å². The predicted octanol–water partition coefficient (Wildman–Crippen LogP) is 10.0. The molecular weight excluding hydrogens is 444 g/mol. The van der Waals surface area contributed by atoms with Crippen molar-refractivity contribution in [3.05, 3.63) is 35.1 Å². The number of unbranched alkanes of at least 4 members (excludes halogenated alkanes) is 17. The number of hydrogen-bond donors (Lipinski definition) is 0. The van der Waals surface area contributed by atoms with Gasteiger partial charge in [-0.15, -0.1) is 0 Å². The molecule has 0 spiro atoms. The van der Waals surface area contributed by atoms with Gasteiger partial charge in [-0.2, -0.15) is 13.2 Å². The van der Waals surface area contributed by atoms with Crippen LogP contribution in [0.4, 0.5) is 17.6 Å². The minimum Gasteiger partial charge on any atom is -0.462 e. The molecule has 0 aliphatic rings. The Morgan fingerprint density at radius 1 is 0.706 bits per heavy atom. The maximum absolute atomic E-state index is 13.3. The molecule has 34 heavy (non-hydrogen) atoms. The molecule has 0 saturated carbocycles. The third-order valence-corrected chi connectivity index (χ3v) is 6.24. The Morgan fingerprint density at radius 2 is 1.12 bits per heavy atom. The summed E-state index contributed by atoms with van der Waals surface area (Å²) in [5.41, 5.74) is -1.94. The molecule has 0 radical (unpaired) electrons. The van der Waals surface area contributed by atoms with E-state index in [4.69, 9.17) is 4.74 Å². The number of hydrogen-bond acceptors (Lipinski definition) is 2. The zero-order valence-electron chi connectivity index (χ0n) is 21.0. The van der Waals surface area contributed by atoms with Gasteiger partial charge >= 0.3 is 12.1 Å². The maximum atomic E-state index is 13.3. The second-order valence-electron chi connectivity index (χ2n) is 9.33. The van der Waals surface area contributed by atoms with Crippen molar-refractivity contribution in [2.45, 2.75) is 129 Å². The van der Waals surface area contributed by atoms with Gasteiger partial charge in [0.05, 0.1) is 17.7 Å². The minimum atomic E-state index is -4.73. The number of esters is 1. The molecule has 6 heteroatoms. The molecule has 1 aromatic carbocycles. The molecule has 2 nitrogen and oxygen atoms in total. The van der Waals surface area contributed by atoms with Crippen LogP contribution in [-0.2, 0) is 10.9 Å². The van der Waals surface area contributed by atoms with Crippen molar-refractivity contribution >= 4 is 5.97 Å². The molecule has 0 N–H and O–H groups in total. The molecule has 0 bridgehead atoms. The molecule has 1 aromatic rings. The fourth-order valence-corrected chi connectivity index (χ4v) is 4.18. The first-order valence-electron chi connectivity index (χ1n) is 13.4. The van der Waals surface area contributed by atoms with E-state index in [0.29, 0.717) is 24.6 Å². The highest BCUT2D eigenvalue weighted by Gasteiger charge is 2.35. The molecule has 0 unspecified atom stereocenters. The second-order valence-corrected chi connectivity index (χ2v) is 9.33. The number of carbonyl (C=O) groups is 1. The fourth-order valence-electron chi connectivity index (χ4n) is 4.18. The van der Waals surface area contributed by atoms with Crippen molar-refractivity contribution in [2.75, 3.05) is 6.61 Å². The van der Waals surface area contributed by atoms with Gasteiger partial charge in [0.25, 0.3) is 0 Å². The molecule has 196 valence electrons. The molecule has 0 aliphatic heterocycles. The lowest BCUT2D eigenvalue weighted by Crippen LogP contribution is -2.16. The molecule has 0 atom stereocenters. The zero-order valence-corrected chi connectivity index (χ0v) is 21.0. The van der Waals surface area contributed by atoms with E-state index in [2.05, 4.69) is 6.92 Å². The van der Waals surface area contributed by atoms with Crippen molar-refractivity contribution < 1.29 is 27.1 Å². The van der Waals surface area contributed by atoms with E-state index in [9.17, 15) is 22.4 Å². The maximum Gasteiger partial charge on any atom is 0.417 e. The van der Waals surface area contributed by atoms with E-state index < -0.39 is 29.1 Å². The summed E-state index contributed by atoms with van der Waals surface area (Å²) in [6.07, 6.45) is 17.6. The monoisotopic (exact) mass is 488 g/mol. The highest BCUT2D eigenvalue weighted by Crippen LogP contribution is 2.32. The Morgan fingerprint density at radius 3 is 1.53 bits per heavy atom. The van der Waals surface area contributed by atoms with Crippen molar-refractivity contribution in [2.24, 2.45) is 0 Å². The highest BCUT2D eigenvalue weighted by molar-refractivity contribution is 5.91. The van der Waals surface area contributed by atoms with E-state index in [1.807, 2.05) is 0 Å². The Hall–Kier alpha value is -1.59. The average Bonchev–Trinajstić information content (AvgIpc) is 2.79. The first-order chi connectivity index (χ1) is 16.4. The minimum absolute atomic E-state index is 0.0470. The lowest BCUT2D eigenvalue weighted by molar-refractivity contribution is -0.138. The standard InChI is InChI=1S/C28H44F4O2/c1-2-3-4-5-6-7-8-9-10-11-12-13-14-15-16-17-18-19-22-34-27(33)25-23-24(29)20-21-26(25)28(30,31)32/h20-21,23H,2-19,22H2,1H3. The molecule has 0 amide bonds. The second kappa shape index (κ2) is 18.7. The van der Waals surface area contributed by atoms with Crippen LogP contribution in [0.25, 0.3) is 0 Å². The quantitative estimate of drug-likeness (QED) is 0.104. The topological polar surface area (TPSA) is 26.3 Å². The van der Waals surface area contributed by atoms with Gasteiger partial charge in [0.1, 0.15) is 5.82 Å². The Bertz CT molecular complexity index is 658. The summed E-state index contributed by atoms with van der Waals surface area (Å²) in [5.74, 6) is -2.02. The van der Waals surface area contributed by atoms with Crippen molar-refractivity contribution in [1.29, 1.82) is 0 Å². The van der Waals surface area contributed by atoms with Gasteiger partial charge < -0.3 is 4.74 Å². The van der Waals surface area contributed by atoms with E-state index in [1.165, 1.54) is 89.9 Å². The van der Waals surface area contributed by atoms with Crippen molar-refractivity contribution in [1.82, 2.24) is 0 Å². The fraction of sp³-hybridized carbons (Fsp3) is 0.750. The SMILES string of the molecule is CCCCCCCCCCCCCCCCCCCCOC(=O)c1cc(F)ccc1C(F)(F)F. The third-order valence-electron chi connectivity index (χ3n) is 6.24. The van der Waals surface area contributed by atoms with Gasteiger partial charge in [0.15, 0.2) is 0 Å². The lowest BCUT2D eigenvalue weighted by atomic mass is 10.0. The zero-order chi connectivity index (χ0) is 25.1. The van der Waals surface area contributed by atoms with Crippen LogP contribution < -0.4 is 0 Å². The molecule has 0 fully saturated rings. The van der Waals surface area contributed by atoms with Crippen LogP contribution in [0.5, 0.6) is 0 Å². The molecular formula is C28H44F4O2. The summed E-state index contributed by atoms with van der Waals surface area (Å²) in [6, 6.07) is 1.85. The van der Waals surface area contributed by atoms with Gasteiger partial charge in [0, 0.05) is 0 Å². The van der Waals surface area contributed by atoms with Crippen LogP contribution in [0, 0.1) is 5.82 Å². The number of benzene rings is 1. The third kappa shape index (κ3) is 14.6. The van der Waals surface area contributed by atoms with Crippen LogP contribution >= 0.6 is 0 Å². The molecule has 0 saturated heterocycles. The number of rotatable bonds is 20. The van der Waals surface area contributed by atoms with E-state index in [0.717, 1.165) is 19.3 Å². The van der Waals surface area contributed by atoms with Gasteiger partial charge in [-0.3, -0.25) is 0 Å². The van der Waals surface area contributed by atoms with Gasteiger partial charge in [-0.1, -0.05) is 116 Å². The van der Waals surface area contributed by atoms with Gasteiger partial charge in [-0.25, -0.2) is 9.18 Å². The number of halogens is 4. The van der Waals surface area contributed by atoms with E-state index >= 15 is 0 Å². The Kier molecular flexibility index (Phi) is 16.7. The predicted molar refractivity (Wildman–Crippen MR) is 130 cm³/mol. The summed E-state index contributed by atoms with van der Waals surface area (Å²) in [4.78, 5) is 12.0. The normalized spacial score (nSPS) is 11.7. The van der Waals surface area contributed by atoms with Crippen molar-refractivity contribution in [3.63, 3.8) is 0 Å². The lowest BCUT2D eigenvalue weighted by Gasteiger charge is -2.12. The van der Waals surface area contributed by atoms with Crippen LogP contribution in [0.15, 0.2) is 18.2 Å². The largest absolute Gasteiger partial charge is 0.462 e. The molecule has 1 rings (SSSR count). The number of alkyl halides is 3. The molecule has 0 heterocycles. The summed E-state index contributed by atoms with van der Waals surface area (Å²) in [5, 5.41) is 0. The number of carbonyl (C=O) groups excluding carboxylic acids is 1. The number of ether oxygens (including phenoxy) is 1. The summed E-state index contributed by atoms with van der Waals surface area (Å²) >= 11 is 0. The van der Waals surface area contributed by atoms with Crippen LogP contribution in [-0.4, -0.2) is 12.6 Å². The molecule has 0 aromatic heterocycles. The summed E-state index contributed by atoms with van der Waals surface area (Å²) in [6.45, 7) is 2.30. The van der Waals surface area contributed by atoms with Crippen LogP contribution in [0.3, 0.4) is 0 Å². The highest BCUT2D eigenvalue weighted by atomic mass is 19.4. The van der Waals surface area contributed by atoms with Crippen LogP contribution in [0.2, 0.25) is 0 Å². The van der Waals surface area contributed by atoms with Crippen LogP contribution in [0.1, 0.15) is 138 Å². The first-order valence-corrected chi connectivity index (χ1v) is 13.4. The van der Waals surface area contributed by atoms with Crippen molar-refractivity contribution in [3.8, 4) is 0 Å². The van der Waals surface area contributed by atoms with E-state index in [-0.39, 0.29) is 6.61 Å². The smallest absolute Gasteiger partial charge is 0.417 e. The first kappa shape index (κ1) is 30.4. The summed E-state index contributed by atoms with van der Waals surface area (Å²) in [7, 11) is 0. The average molecular weight is 489 g/mol. The van der Waals surface area contributed by atoms with E-state index in [1.54, 1.807) is 0 Å². The molecule has 0 aliphatic carbocycles. The Labute approximate surface area is 203 Å². The Balaban J connectivity index is 1.94. The van der Waals surface area contributed by atoms with Gasteiger partial charge in [-0.05, 0) is 24.6 Å². The summed E-state index contributed by atoms with van der Waals surface area (Å²) < 4.78 is 57.2.